The third kappa shape index (κ3) is 3.66. The first-order valence-corrected chi connectivity index (χ1v) is 6.47. The van der Waals surface area contributed by atoms with Gasteiger partial charge in [-0.2, -0.15) is 0 Å². The smallest absolute Gasteiger partial charge is 0.241 e. The molecule has 104 valence electrons. The Balaban J connectivity index is 1.91. The molecule has 0 aromatic heterocycles. The number of aliphatic hydroxyl groups excluding tert-OH is 1. The van der Waals surface area contributed by atoms with E-state index in [1.807, 2.05) is 54.6 Å². The van der Waals surface area contributed by atoms with Gasteiger partial charge in [0, 0.05) is 6.54 Å². The average molecular weight is 270 g/mol. The van der Waals surface area contributed by atoms with Crippen LogP contribution in [0.4, 0.5) is 0 Å². The van der Waals surface area contributed by atoms with E-state index in [0.717, 1.165) is 16.7 Å². The molecule has 0 saturated carbocycles. The maximum absolute atomic E-state index is 12.0. The first kappa shape index (κ1) is 14.2. The lowest BCUT2D eigenvalue weighted by atomic mass is 10.1. The quantitative estimate of drug-likeness (QED) is 0.770. The SMILES string of the molecule is N[C@H](C(=O)NCc1ccc(CO)cc1)c1ccccc1. The van der Waals surface area contributed by atoms with Crippen molar-refractivity contribution in [2.45, 2.75) is 19.2 Å². The van der Waals surface area contributed by atoms with E-state index >= 15 is 0 Å². The molecule has 20 heavy (non-hydrogen) atoms. The summed E-state index contributed by atoms with van der Waals surface area (Å²) in [5.74, 6) is -0.206. The van der Waals surface area contributed by atoms with E-state index < -0.39 is 6.04 Å². The summed E-state index contributed by atoms with van der Waals surface area (Å²) >= 11 is 0. The fourth-order valence-electron chi connectivity index (χ4n) is 1.87. The van der Waals surface area contributed by atoms with E-state index in [2.05, 4.69) is 5.32 Å². The van der Waals surface area contributed by atoms with Crippen LogP contribution >= 0.6 is 0 Å². The minimum atomic E-state index is -0.659. The molecular formula is C16H18N2O2. The van der Waals surface area contributed by atoms with Crippen LogP contribution in [0, 0.1) is 0 Å². The lowest BCUT2D eigenvalue weighted by molar-refractivity contribution is -0.122. The number of carbonyl (C=O) groups is 1. The van der Waals surface area contributed by atoms with Gasteiger partial charge >= 0.3 is 0 Å². The molecule has 1 amide bonds. The number of benzene rings is 2. The fraction of sp³-hybridized carbons (Fsp3) is 0.188. The molecule has 4 heteroatoms. The Bertz CT molecular complexity index is 552. The summed E-state index contributed by atoms with van der Waals surface area (Å²) < 4.78 is 0. The molecule has 0 bridgehead atoms. The van der Waals surface area contributed by atoms with E-state index in [1.165, 1.54) is 0 Å². The first-order valence-electron chi connectivity index (χ1n) is 6.47. The zero-order valence-corrected chi connectivity index (χ0v) is 11.1. The van der Waals surface area contributed by atoms with Gasteiger partial charge in [0.05, 0.1) is 6.61 Å². The van der Waals surface area contributed by atoms with Crippen LogP contribution in [-0.2, 0) is 17.9 Å². The lowest BCUT2D eigenvalue weighted by Gasteiger charge is -2.12. The molecule has 4 nitrogen and oxygen atoms in total. The molecule has 1 atom stereocenters. The fourth-order valence-corrected chi connectivity index (χ4v) is 1.87. The predicted molar refractivity (Wildman–Crippen MR) is 77.6 cm³/mol. The van der Waals surface area contributed by atoms with Crippen molar-refractivity contribution in [2.75, 3.05) is 0 Å². The molecule has 2 aromatic carbocycles. The monoisotopic (exact) mass is 270 g/mol. The Kier molecular flexibility index (Phi) is 4.87. The average Bonchev–Trinajstić information content (AvgIpc) is 2.53. The number of nitrogens with two attached hydrogens (primary N) is 1. The van der Waals surface area contributed by atoms with E-state index in [0.29, 0.717) is 6.54 Å². The van der Waals surface area contributed by atoms with Gasteiger partial charge in [-0.25, -0.2) is 0 Å². The highest BCUT2D eigenvalue weighted by Crippen LogP contribution is 2.10. The molecular weight excluding hydrogens is 252 g/mol. The van der Waals surface area contributed by atoms with Crippen molar-refractivity contribution < 1.29 is 9.90 Å². The Morgan fingerprint density at radius 1 is 1.05 bits per heavy atom. The number of nitrogens with one attached hydrogen (secondary N) is 1. The van der Waals surface area contributed by atoms with Gasteiger partial charge < -0.3 is 16.2 Å². The van der Waals surface area contributed by atoms with Crippen molar-refractivity contribution in [2.24, 2.45) is 5.73 Å². The molecule has 0 aliphatic carbocycles. The number of hydrogen-bond acceptors (Lipinski definition) is 3. The largest absolute Gasteiger partial charge is 0.392 e. The van der Waals surface area contributed by atoms with Gasteiger partial charge in [-0.15, -0.1) is 0 Å². The summed E-state index contributed by atoms with van der Waals surface area (Å²) in [4.78, 5) is 12.0. The maximum atomic E-state index is 12.0. The standard InChI is InChI=1S/C16H18N2O2/c17-15(14-4-2-1-3-5-14)16(20)18-10-12-6-8-13(11-19)9-7-12/h1-9,15,19H,10-11,17H2,(H,18,20)/t15-/m0/s1. The lowest BCUT2D eigenvalue weighted by Crippen LogP contribution is -2.33. The van der Waals surface area contributed by atoms with Crippen LogP contribution in [0.15, 0.2) is 54.6 Å². The minimum Gasteiger partial charge on any atom is -0.392 e. The molecule has 4 N–H and O–H groups in total. The van der Waals surface area contributed by atoms with Crippen LogP contribution in [-0.4, -0.2) is 11.0 Å². The maximum Gasteiger partial charge on any atom is 0.241 e. The Hall–Kier alpha value is -2.17. The van der Waals surface area contributed by atoms with Gasteiger partial charge in [0.1, 0.15) is 6.04 Å². The van der Waals surface area contributed by atoms with Crippen molar-refractivity contribution in [3.8, 4) is 0 Å². The third-order valence-corrected chi connectivity index (χ3v) is 3.11. The van der Waals surface area contributed by atoms with E-state index in [4.69, 9.17) is 10.8 Å². The van der Waals surface area contributed by atoms with Crippen LogP contribution in [0.25, 0.3) is 0 Å². The third-order valence-electron chi connectivity index (χ3n) is 3.11. The Morgan fingerprint density at radius 3 is 2.25 bits per heavy atom. The molecule has 0 saturated heterocycles. The summed E-state index contributed by atoms with van der Waals surface area (Å²) in [6.45, 7) is 0.441. The molecule has 2 rings (SSSR count). The number of hydrogen-bond donors (Lipinski definition) is 3. The highest BCUT2D eigenvalue weighted by molar-refractivity contribution is 5.82. The number of amides is 1. The van der Waals surface area contributed by atoms with Gasteiger partial charge in [0.2, 0.25) is 5.91 Å². The number of carbonyl (C=O) groups excluding carboxylic acids is 1. The summed E-state index contributed by atoms with van der Waals surface area (Å²) in [5, 5.41) is 11.8. The van der Waals surface area contributed by atoms with Crippen LogP contribution in [0.3, 0.4) is 0 Å². The minimum absolute atomic E-state index is 0.0194. The van der Waals surface area contributed by atoms with Crippen molar-refractivity contribution in [1.29, 1.82) is 0 Å². The normalized spacial score (nSPS) is 11.9. The highest BCUT2D eigenvalue weighted by atomic mass is 16.3. The zero-order chi connectivity index (χ0) is 14.4. The summed E-state index contributed by atoms with van der Waals surface area (Å²) in [5.41, 5.74) is 8.51. The molecule has 0 aliphatic rings. The predicted octanol–water partition coefficient (Wildman–Crippen LogP) is 1.50. The summed E-state index contributed by atoms with van der Waals surface area (Å²) in [7, 11) is 0. The molecule has 0 radical (unpaired) electrons. The van der Waals surface area contributed by atoms with Crippen molar-refractivity contribution >= 4 is 5.91 Å². The molecule has 0 spiro atoms. The van der Waals surface area contributed by atoms with Gasteiger partial charge in [-0.05, 0) is 16.7 Å². The van der Waals surface area contributed by atoms with Crippen molar-refractivity contribution in [3.63, 3.8) is 0 Å². The van der Waals surface area contributed by atoms with Crippen LogP contribution in [0.5, 0.6) is 0 Å². The van der Waals surface area contributed by atoms with Crippen LogP contribution in [0.2, 0.25) is 0 Å². The van der Waals surface area contributed by atoms with E-state index in [-0.39, 0.29) is 12.5 Å². The van der Waals surface area contributed by atoms with Gasteiger partial charge in [0.25, 0.3) is 0 Å². The number of rotatable bonds is 5. The molecule has 2 aromatic rings. The second-order valence-corrected chi connectivity index (χ2v) is 4.58. The van der Waals surface area contributed by atoms with Crippen LogP contribution < -0.4 is 11.1 Å². The highest BCUT2D eigenvalue weighted by Gasteiger charge is 2.14. The Labute approximate surface area is 118 Å². The second kappa shape index (κ2) is 6.84. The van der Waals surface area contributed by atoms with E-state index in [9.17, 15) is 4.79 Å². The first-order chi connectivity index (χ1) is 9.70. The number of aliphatic hydroxyl groups is 1. The summed E-state index contributed by atoms with van der Waals surface area (Å²) in [6.07, 6.45) is 0. The summed E-state index contributed by atoms with van der Waals surface area (Å²) in [6, 6.07) is 16.0. The van der Waals surface area contributed by atoms with Gasteiger partial charge in [0.15, 0.2) is 0 Å². The zero-order valence-electron chi connectivity index (χ0n) is 11.1. The molecule has 0 fully saturated rings. The second-order valence-electron chi connectivity index (χ2n) is 4.58. The Morgan fingerprint density at radius 2 is 1.65 bits per heavy atom. The molecule has 0 heterocycles. The van der Waals surface area contributed by atoms with E-state index in [1.54, 1.807) is 0 Å². The topological polar surface area (TPSA) is 75.4 Å². The van der Waals surface area contributed by atoms with Crippen molar-refractivity contribution in [1.82, 2.24) is 5.32 Å². The van der Waals surface area contributed by atoms with Crippen LogP contribution in [0.1, 0.15) is 22.7 Å². The van der Waals surface area contributed by atoms with Gasteiger partial charge in [-0.1, -0.05) is 54.6 Å². The van der Waals surface area contributed by atoms with Crippen molar-refractivity contribution in [3.05, 3.63) is 71.3 Å². The van der Waals surface area contributed by atoms with Gasteiger partial charge in [-0.3, -0.25) is 4.79 Å². The molecule has 0 aliphatic heterocycles. The molecule has 0 unspecified atom stereocenters.